The van der Waals surface area contributed by atoms with Crippen LogP contribution in [0, 0.1) is 0 Å². The summed E-state index contributed by atoms with van der Waals surface area (Å²) in [6.07, 6.45) is 0. The Hall–Kier alpha value is -2.86. The Morgan fingerprint density at radius 2 is 1.71 bits per heavy atom. The van der Waals surface area contributed by atoms with Gasteiger partial charge in [0.05, 0.1) is 10.0 Å². The molecule has 4 aromatic rings. The number of hydrogen-bond acceptors (Lipinski definition) is 4. The molecule has 1 amide bonds. The van der Waals surface area contributed by atoms with E-state index >= 15 is 0 Å². The molecule has 0 unspecified atom stereocenters. The molecule has 1 heterocycles. The van der Waals surface area contributed by atoms with E-state index < -0.39 is 0 Å². The molecule has 0 radical (unpaired) electrons. The van der Waals surface area contributed by atoms with Crippen LogP contribution in [0.25, 0.3) is 10.6 Å². The van der Waals surface area contributed by atoms with Gasteiger partial charge in [-0.3, -0.25) is 4.79 Å². The van der Waals surface area contributed by atoms with Crippen molar-refractivity contribution >= 4 is 40.4 Å². The first kappa shape index (κ1) is 21.4. The van der Waals surface area contributed by atoms with Gasteiger partial charge in [-0.1, -0.05) is 59.6 Å². The molecular formula is C24H18Cl2N2O2S. The van der Waals surface area contributed by atoms with Crippen molar-refractivity contribution in [3.05, 3.63) is 105 Å². The maximum atomic E-state index is 12.4. The summed E-state index contributed by atoms with van der Waals surface area (Å²) in [7, 11) is 0. The van der Waals surface area contributed by atoms with Crippen LogP contribution in [0.15, 0.2) is 78.2 Å². The van der Waals surface area contributed by atoms with Crippen LogP contribution in [0.5, 0.6) is 5.75 Å². The molecule has 0 atom stereocenters. The average molecular weight is 469 g/mol. The zero-order valence-electron chi connectivity index (χ0n) is 16.3. The predicted molar refractivity (Wildman–Crippen MR) is 126 cm³/mol. The van der Waals surface area contributed by atoms with E-state index in [0.717, 1.165) is 27.4 Å². The summed E-state index contributed by atoms with van der Waals surface area (Å²) in [5, 5.41) is 6.47. The lowest BCUT2D eigenvalue weighted by atomic mass is 10.2. The molecule has 0 fully saturated rings. The largest absolute Gasteiger partial charge is 0.489 e. The molecule has 4 rings (SSSR count). The second kappa shape index (κ2) is 9.96. The fourth-order valence-corrected chi connectivity index (χ4v) is 4.00. The number of nitrogens with zero attached hydrogens (tertiary/aromatic N) is 1. The normalized spacial score (nSPS) is 10.6. The zero-order chi connectivity index (χ0) is 21.6. The van der Waals surface area contributed by atoms with Crippen molar-refractivity contribution in [2.75, 3.05) is 0 Å². The third-order valence-electron chi connectivity index (χ3n) is 4.52. The van der Waals surface area contributed by atoms with Crippen molar-refractivity contribution in [3.63, 3.8) is 0 Å². The first-order valence-electron chi connectivity index (χ1n) is 9.53. The number of amides is 1. The summed E-state index contributed by atoms with van der Waals surface area (Å²) in [5.74, 6) is 0.542. The minimum absolute atomic E-state index is 0.187. The van der Waals surface area contributed by atoms with Gasteiger partial charge in [-0.05, 0) is 47.5 Å². The van der Waals surface area contributed by atoms with Crippen LogP contribution in [0.4, 0.5) is 0 Å². The van der Waals surface area contributed by atoms with Gasteiger partial charge in [0.2, 0.25) is 0 Å². The van der Waals surface area contributed by atoms with Gasteiger partial charge >= 0.3 is 0 Å². The van der Waals surface area contributed by atoms with E-state index in [1.807, 2.05) is 60.7 Å². The van der Waals surface area contributed by atoms with Crippen LogP contribution in [0.1, 0.15) is 21.6 Å². The Labute approximate surface area is 194 Å². The molecule has 0 saturated carbocycles. The summed E-state index contributed by atoms with van der Waals surface area (Å²) in [6.45, 7) is 0.858. The SMILES string of the molecule is O=C(NCc1ccccc1)c1csc(-c2ccc(OCc3ccc(Cl)c(Cl)c3)cc2)n1. The minimum Gasteiger partial charge on any atom is -0.489 e. The topological polar surface area (TPSA) is 51.2 Å². The van der Waals surface area contributed by atoms with Gasteiger partial charge in [-0.2, -0.15) is 0 Å². The molecule has 1 aromatic heterocycles. The molecule has 0 aliphatic carbocycles. The van der Waals surface area contributed by atoms with Gasteiger partial charge in [-0.15, -0.1) is 11.3 Å². The van der Waals surface area contributed by atoms with E-state index in [0.29, 0.717) is 28.9 Å². The molecule has 0 saturated heterocycles. The number of halogens is 2. The number of hydrogen-bond donors (Lipinski definition) is 1. The molecule has 4 nitrogen and oxygen atoms in total. The highest BCUT2D eigenvalue weighted by Crippen LogP contribution is 2.27. The van der Waals surface area contributed by atoms with Crippen molar-refractivity contribution in [1.82, 2.24) is 10.3 Å². The second-order valence-electron chi connectivity index (χ2n) is 6.77. The van der Waals surface area contributed by atoms with Gasteiger partial charge in [0.1, 0.15) is 23.1 Å². The quantitative estimate of drug-likeness (QED) is 0.331. The number of benzene rings is 3. The number of aromatic nitrogens is 1. The number of carbonyl (C=O) groups is 1. The van der Waals surface area contributed by atoms with Crippen LogP contribution in [0.2, 0.25) is 10.0 Å². The maximum absolute atomic E-state index is 12.4. The van der Waals surface area contributed by atoms with Crippen LogP contribution in [-0.2, 0) is 13.2 Å². The monoisotopic (exact) mass is 468 g/mol. The predicted octanol–water partition coefficient (Wildman–Crippen LogP) is 6.63. The third-order valence-corrected chi connectivity index (χ3v) is 6.15. The fraction of sp³-hybridized carbons (Fsp3) is 0.0833. The highest BCUT2D eigenvalue weighted by atomic mass is 35.5. The molecular weight excluding hydrogens is 451 g/mol. The lowest BCUT2D eigenvalue weighted by Gasteiger charge is -2.07. The van der Waals surface area contributed by atoms with E-state index in [4.69, 9.17) is 27.9 Å². The summed E-state index contributed by atoms with van der Waals surface area (Å²) in [4.78, 5) is 16.8. The summed E-state index contributed by atoms with van der Waals surface area (Å²) in [5.41, 5.74) is 3.32. The molecule has 0 aliphatic rings. The Morgan fingerprint density at radius 1 is 0.935 bits per heavy atom. The highest BCUT2D eigenvalue weighted by molar-refractivity contribution is 7.13. The first-order valence-corrected chi connectivity index (χ1v) is 11.2. The highest BCUT2D eigenvalue weighted by Gasteiger charge is 2.12. The van der Waals surface area contributed by atoms with Crippen LogP contribution in [-0.4, -0.2) is 10.9 Å². The van der Waals surface area contributed by atoms with Gasteiger partial charge in [0.15, 0.2) is 0 Å². The Morgan fingerprint density at radius 3 is 2.45 bits per heavy atom. The lowest BCUT2D eigenvalue weighted by molar-refractivity contribution is 0.0946. The summed E-state index contributed by atoms with van der Waals surface area (Å²) in [6, 6.07) is 22.8. The number of nitrogens with one attached hydrogen (secondary N) is 1. The van der Waals surface area contributed by atoms with Crippen LogP contribution >= 0.6 is 34.5 Å². The zero-order valence-corrected chi connectivity index (χ0v) is 18.7. The summed E-state index contributed by atoms with van der Waals surface area (Å²) < 4.78 is 5.81. The first-order chi connectivity index (χ1) is 15.1. The van der Waals surface area contributed by atoms with Gasteiger partial charge in [-0.25, -0.2) is 4.98 Å². The minimum atomic E-state index is -0.187. The van der Waals surface area contributed by atoms with Gasteiger partial charge in [0.25, 0.3) is 5.91 Å². The smallest absolute Gasteiger partial charge is 0.271 e. The van der Waals surface area contributed by atoms with E-state index in [2.05, 4.69) is 10.3 Å². The van der Waals surface area contributed by atoms with Crippen molar-refractivity contribution in [1.29, 1.82) is 0 Å². The van der Waals surface area contributed by atoms with Crippen LogP contribution in [0.3, 0.4) is 0 Å². The molecule has 7 heteroatoms. The van der Waals surface area contributed by atoms with E-state index in [9.17, 15) is 4.79 Å². The summed E-state index contributed by atoms with van der Waals surface area (Å²) >= 11 is 13.4. The number of rotatable bonds is 7. The molecule has 0 spiro atoms. The number of carbonyl (C=O) groups excluding carboxylic acids is 1. The third kappa shape index (κ3) is 5.64. The van der Waals surface area contributed by atoms with Gasteiger partial charge < -0.3 is 10.1 Å². The molecule has 1 N–H and O–H groups in total. The second-order valence-corrected chi connectivity index (χ2v) is 8.44. The van der Waals surface area contributed by atoms with Gasteiger partial charge in [0, 0.05) is 17.5 Å². The molecule has 0 bridgehead atoms. The fourth-order valence-electron chi connectivity index (χ4n) is 2.87. The molecule has 3 aromatic carbocycles. The Kier molecular flexibility index (Phi) is 6.87. The van der Waals surface area contributed by atoms with E-state index in [-0.39, 0.29) is 5.91 Å². The van der Waals surface area contributed by atoms with Crippen molar-refractivity contribution in [2.45, 2.75) is 13.2 Å². The van der Waals surface area contributed by atoms with Crippen molar-refractivity contribution in [2.24, 2.45) is 0 Å². The standard InChI is InChI=1S/C24H18Cl2N2O2S/c25-20-11-6-17(12-21(20)26)14-30-19-9-7-18(8-10-19)24-28-22(15-31-24)23(29)27-13-16-4-2-1-3-5-16/h1-12,15H,13-14H2,(H,27,29). The maximum Gasteiger partial charge on any atom is 0.271 e. The Balaban J connectivity index is 1.35. The lowest BCUT2D eigenvalue weighted by Crippen LogP contribution is -2.23. The van der Waals surface area contributed by atoms with Crippen molar-refractivity contribution < 1.29 is 9.53 Å². The molecule has 156 valence electrons. The van der Waals surface area contributed by atoms with E-state index in [1.54, 1.807) is 17.5 Å². The molecule has 0 aliphatic heterocycles. The van der Waals surface area contributed by atoms with Crippen molar-refractivity contribution in [3.8, 4) is 16.3 Å². The van der Waals surface area contributed by atoms with Crippen LogP contribution < -0.4 is 10.1 Å². The molecule has 31 heavy (non-hydrogen) atoms. The number of ether oxygens (including phenoxy) is 1. The Bertz CT molecular complexity index is 1180. The number of thiazole rings is 1. The average Bonchev–Trinajstić information content (AvgIpc) is 3.30. The van der Waals surface area contributed by atoms with E-state index in [1.165, 1.54) is 11.3 Å².